The van der Waals surface area contributed by atoms with Gasteiger partial charge in [0.1, 0.15) is 19.8 Å². The van der Waals surface area contributed by atoms with Crippen molar-refractivity contribution in [2.24, 2.45) is 0 Å². The molecule has 0 aliphatic rings. The van der Waals surface area contributed by atoms with E-state index in [1.807, 2.05) is 34.1 Å². The van der Waals surface area contributed by atoms with Crippen molar-refractivity contribution in [1.82, 2.24) is 0 Å². The first-order chi connectivity index (χ1) is 27.4. The van der Waals surface area contributed by atoms with Gasteiger partial charge in [-0.3, -0.25) is 14.2 Å². The van der Waals surface area contributed by atoms with E-state index in [4.69, 9.17) is 18.5 Å². The number of phosphoric acid groups is 1. The quantitative estimate of drug-likeness (QED) is 0.0211. The molecule has 0 spiro atoms. The second kappa shape index (κ2) is 38.2. The van der Waals surface area contributed by atoms with Crippen LogP contribution in [-0.4, -0.2) is 81.2 Å². The molecule has 0 aliphatic carbocycles. The summed E-state index contributed by atoms with van der Waals surface area (Å²) in [5, 5.41) is 9.57. The molecule has 0 amide bonds. The predicted octanol–water partition coefficient (Wildman–Crippen LogP) is 11.0. The zero-order valence-corrected chi connectivity index (χ0v) is 37.8. The highest BCUT2D eigenvalue weighted by Gasteiger charge is 2.21. The Morgan fingerprint density at radius 2 is 1.11 bits per heavy atom. The molecule has 332 valence electrons. The van der Waals surface area contributed by atoms with Crippen LogP contribution in [0.4, 0.5) is 0 Å². The summed E-state index contributed by atoms with van der Waals surface area (Å²) in [7, 11) is 1.11. The van der Waals surface area contributed by atoms with Gasteiger partial charge >= 0.3 is 11.9 Å². The molecule has 0 aliphatic heterocycles. The maximum absolute atomic E-state index is 12.7. The minimum atomic E-state index is -4.65. The number of phosphoric ester groups is 1. The normalized spacial score (nSPS) is 14.6. The van der Waals surface area contributed by atoms with Crippen molar-refractivity contribution in [1.29, 1.82) is 0 Å². The van der Waals surface area contributed by atoms with Gasteiger partial charge in [-0.15, -0.1) is 0 Å². The van der Waals surface area contributed by atoms with Gasteiger partial charge in [-0.05, 0) is 57.8 Å². The molecule has 0 aromatic carbocycles. The number of quaternary nitrogens is 1. The van der Waals surface area contributed by atoms with Gasteiger partial charge < -0.3 is 33.0 Å². The lowest BCUT2D eigenvalue weighted by Gasteiger charge is -2.28. The molecule has 0 aromatic heterocycles. The van der Waals surface area contributed by atoms with Crippen molar-refractivity contribution in [2.75, 3.05) is 47.5 Å². The Morgan fingerprint density at radius 1 is 0.632 bits per heavy atom. The lowest BCUT2D eigenvalue weighted by atomic mass is 10.0. The number of aliphatic hydroxyl groups excluding tert-OH is 1. The fraction of sp³-hybridized carbons (Fsp3) is 0.783. The van der Waals surface area contributed by atoms with Crippen molar-refractivity contribution in [3.8, 4) is 0 Å². The van der Waals surface area contributed by atoms with E-state index in [-0.39, 0.29) is 32.2 Å². The van der Waals surface area contributed by atoms with Crippen LogP contribution in [0.2, 0.25) is 0 Å². The van der Waals surface area contributed by atoms with Crippen LogP contribution in [0.1, 0.15) is 174 Å². The standard InChI is InChI=1S/C46H84NO9P/c1-6-8-9-10-11-12-13-14-15-19-22-25-28-31-34-37-45(49)53-41-44(42-55-57(51,52)54-40-39-47(3,4)5)56-46(50)38-35-32-29-26-23-20-17-16-18-21-24-27-30-33-36-43(48)7-2/h17-18,20-21,26-27,29-30,43-44,48H,6-16,19,22-25,28,31-42H2,1-5H3/b20-17-,21-18-,29-26-,30-27-. The Kier molecular flexibility index (Phi) is 36.8. The van der Waals surface area contributed by atoms with Crippen LogP contribution in [0.3, 0.4) is 0 Å². The Balaban J connectivity index is 4.45. The first-order valence-corrected chi connectivity index (χ1v) is 23.9. The predicted molar refractivity (Wildman–Crippen MR) is 233 cm³/mol. The van der Waals surface area contributed by atoms with E-state index in [1.165, 1.54) is 77.0 Å². The van der Waals surface area contributed by atoms with Crippen LogP contribution < -0.4 is 4.89 Å². The average molecular weight is 826 g/mol. The maximum atomic E-state index is 12.7. The second-order valence-corrected chi connectivity index (χ2v) is 17.6. The molecule has 0 fully saturated rings. The van der Waals surface area contributed by atoms with Crippen LogP contribution in [0, 0.1) is 0 Å². The molecule has 0 rings (SSSR count). The maximum Gasteiger partial charge on any atom is 0.306 e. The molecule has 0 heterocycles. The van der Waals surface area contributed by atoms with E-state index >= 15 is 0 Å². The summed E-state index contributed by atoms with van der Waals surface area (Å²) in [5.41, 5.74) is 0. The minimum Gasteiger partial charge on any atom is -0.756 e. The molecule has 57 heavy (non-hydrogen) atoms. The summed E-state index contributed by atoms with van der Waals surface area (Å²) in [6, 6.07) is 0. The number of nitrogens with zero attached hydrogens (tertiary/aromatic N) is 1. The highest BCUT2D eigenvalue weighted by atomic mass is 31.2. The Labute approximate surface area is 348 Å². The molecule has 11 heteroatoms. The number of rotatable bonds is 40. The number of carbonyl (C=O) groups excluding carboxylic acids is 2. The van der Waals surface area contributed by atoms with E-state index in [1.54, 1.807) is 0 Å². The van der Waals surface area contributed by atoms with Gasteiger partial charge in [-0.2, -0.15) is 0 Å². The van der Waals surface area contributed by atoms with Crippen molar-refractivity contribution >= 4 is 19.8 Å². The van der Waals surface area contributed by atoms with E-state index in [2.05, 4.69) is 49.5 Å². The van der Waals surface area contributed by atoms with Gasteiger partial charge in [0.2, 0.25) is 0 Å². The average Bonchev–Trinajstić information content (AvgIpc) is 3.16. The molecular weight excluding hydrogens is 741 g/mol. The van der Waals surface area contributed by atoms with Crippen molar-refractivity contribution in [3.63, 3.8) is 0 Å². The lowest BCUT2D eigenvalue weighted by molar-refractivity contribution is -0.870. The Hall–Kier alpha value is -2.07. The summed E-state index contributed by atoms with van der Waals surface area (Å²) >= 11 is 0. The molecule has 0 radical (unpaired) electrons. The van der Waals surface area contributed by atoms with Gasteiger partial charge in [0.25, 0.3) is 7.82 Å². The van der Waals surface area contributed by atoms with Gasteiger partial charge in [-0.25, -0.2) is 0 Å². The number of likely N-dealkylation sites (N-methyl/N-ethyl adjacent to an activating group) is 1. The zero-order valence-electron chi connectivity index (χ0n) is 36.9. The number of unbranched alkanes of at least 4 members (excludes halogenated alkanes) is 15. The second-order valence-electron chi connectivity index (χ2n) is 16.2. The number of carbonyl (C=O) groups is 2. The van der Waals surface area contributed by atoms with Crippen LogP contribution in [0.15, 0.2) is 48.6 Å². The largest absolute Gasteiger partial charge is 0.756 e. The van der Waals surface area contributed by atoms with Crippen molar-refractivity contribution < 1.29 is 47.2 Å². The SMILES string of the molecule is CCCCCCCCCCCCCCCCCC(=O)OCC(COP(=O)([O-])OCC[N+](C)(C)C)OC(=O)CCC/C=C\C/C=C\C/C=C\C/C=C\CCC(O)CC. The third kappa shape index (κ3) is 41.9. The highest BCUT2D eigenvalue weighted by Crippen LogP contribution is 2.38. The molecule has 0 bridgehead atoms. The van der Waals surface area contributed by atoms with Crippen LogP contribution in [-0.2, 0) is 32.7 Å². The van der Waals surface area contributed by atoms with Crippen LogP contribution in [0.5, 0.6) is 0 Å². The first kappa shape index (κ1) is 54.9. The fourth-order valence-electron chi connectivity index (χ4n) is 5.80. The highest BCUT2D eigenvalue weighted by molar-refractivity contribution is 7.45. The van der Waals surface area contributed by atoms with E-state index in [0.29, 0.717) is 23.9 Å². The number of allylic oxidation sites excluding steroid dienone is 8. The molecular formula is C46H84NO9P. The zero-order chi connectivity index (χ0) is 42.3. The summed E-state index contributed by atoms with van der Waals surface area (Å²) < 4.78 is 33.8. The number of hydrogen-bond donors (Lipinski definition) is 1. The minimum absolute atomic E-state index is 0.0476. The van der Waals surface area contributed by atoms with Gasteiger partial charge in [-0.1, -0.05) is 152 Å². The van der Waals surface area contributed by atoms with Gasteiger partial charge in [0.15, 0.2) is 6.10 Å². The van der Waals surface area contributed by atoms with Crippen molar-refractivity contribution in [2.45, 2.75) is 187 Å². The van der Waals surface area contributed by atoms with Crippen LogP contribution in [0.25, 0.3) is 0 Å². The summed E-state index contributed by atoms with van der Waals surface area (Å²) in [6.07, 6.45) is 40.9. The molecule has 0 saturated heterocycles. The number of aliphatic hydroxyl groups is 1. The van der Waals surface area contributed by atoms with Crippen molar-refractivity contribution in [3.05, 3.63) is 48.6 Å². The van der Waals surface area contributed by atoms with E-state index < -0.39 is 32.5 Å². The smallest absolute Gasteiger partial charge is 0.306 e. The lowest BCUT2D eigenvalue weighted by Crippen LogP contribution is -2.37. The summed E-state index contributed by atoms with van der Waals surface area (Å²) in [4.78, 5) is 37.5. The number of ether oxygens (including phenoxy) is 2. The summed E-state index contributed by atoms with van der Waals surface area (Å²) in [6.45, 7) is 3.87. The fourth-order valence-corrected chi connectivity index (χ4v) is 6.53. The third-order valence-electron chi connectivity index (χ3n) is 9.52. The molecule has 3 atom stereocenters. The molecule has 3 unspecified atom stereocenters. The monoisotopic (exact) mass is 826 g/mol. The molecule has 1 N–H and O–H groups in total. The van der Waals surface area contributed by atoms with Gasteiger partial charge in [0.05, 0.1) is 33.9 Å². The Morgan fingerprint density at radius 3 is 1.61 bits per heavy atom. The molecule has 0 aromatic rings. The van der Waals surface area contributed by atoms with E-state index in [9.17, 15) is 24.2 Å². The first-order valence-electron chi connectivity index (χ1n) is 22.4. The topological polar surface area (TPSA) is 131 Å². The van der Waals surface area contributed by atoms with E-state index in [0.717, 1.165) is 57.8 Å². The summed E-state index contributed by atoms with van der Waals surface area (Å²) in [5.74, 6) is -0.916. The molecule has 0 saturated carbocycles. The van der Waals surface area contributed by atoms with Gasteiger partial charge in [0, 0.05) is 12.8 Å². The third-order valence-corrected chi connectivity index (χ3v) is 10.5. The Bertz CT molecular complexity index is 1130. The number of hydrogen-bond acceptors (Lipinski definition) is 9. The molecule has 10 nitrogen and oxygen atoms in total. The van der Waals surface area contributed by atoms with Crippen LogP contribution >= 0.6 is 7.82 Å². The number of esters is 2.